The second kappa shape index (κ2) is 6.78. The summed E-state index contributed by atoms with van der Waals surface area (Å²) in [5.41, 5.74) is 0.800. The predicted molar refractivity (Wildman–Crippen MR) is 64.5 cm³/mol. The highest BCUT2D eigenvalue weighted by atomic mass is 16.5. The average Bonchev–Trinajstić information content (AvgIpc) is 2.31. The largest absolute Gasteiger partial charge is 0.496 e. The van der Waals surface area contributed by atoms with Gasteiger partial charge < -0.3 is 14.2 Å². The highest BCUT2D eigenvalue weighted by Gasteiger charge is 2.10. The lowest BCUT2D eigenvalue weighted by Crippen LogP contribution is -2.08. The van der Waals surface area contributed by atoms with Crippen LogP contribution in [0.25, 0.3) is 0 Å². The third-order valence-corrected chi connectivity index (χ3v) is 2.21. The number of hydrogen-bond acceptors (Lipinski definition) is 4. The molecule has 0 aliphatic rings. The van der Waals surface area contributed by atoms with Crippen LogP contribution >= 0.6 is 0 Å². The SMILES string of the molecule is CCOC(=O)Cc1ccc(OCC)cc1OC. The van der Waals surface area contributed by atoms with Gasteiger partial charge in [-0.2, -0.15) is 0 Å². The molecule has 0 saturated heterocycles. The van der Waals surface area contributed by atoms with Gasteiger partial charge in [-0.25, -0.2) is 0 Å². The quantitative estimate of drug-likeness (QED) is 0.713. The molecule has 0 fully saturated rings. The molecular formula is C13H18O4. The zero-order valence-corrected chi connectivity index (χ0v) is 10.5. The minimum absolute atomic E-state index is 0.212. The van der Waals surface area contributed by atoms with Crippen molar-refractivity contribution in [2.45, 2.75) is 20.3 Å². The van der Waals surface area contributed by atoms with Crippen molar-refractivity contribution in [1.82, 2.24) is 0 Å². The first-order chi connectivity index (χ1) is 8.21. The van der Waals surface area contributed by atoms with Crippen molar-refractivity contribution >= 4 is 5.97 Å². The van der Waals surface area contributed by atoms with Crippen LogP contribution in [0.2, 0.25) is 0 Å². The van der Waals surface area contributed by atoms with Crippen LogP contribution in [0.5, 0.6) is 11.5 Å². The van der Waals surface area contributed by atoms with Crippen LogP contribution in [-0.4, -0.2) is 26.3 Å². The maximum Gasteiger partial charge on any atom is 0.310 e. The monoisotopic (exact) mass is 238 g/mol. The maximum absolute atomic E-state index is 11.4. The lowest BCUT2D eigenvalue weighted by molar-refractivity contribution is -0.142. The molecular weight excluding hydrogens is 220 g/mol. The third kappa shape index (κ3) is 3.98. The Morgan fingerprint density at radius 1 is 1.24 bits per heavy atom. The van der Waals surface area contributed by atoms with Crippen molar-refractivity contribution in [3.8, 4) is 11.5 Å². The van der Waals surface area contributed by atoms with Crippen LogP contribution in [-0.2, 0) is 16.0 Å². The lowest BCUT2D eigenvalue weighted by Gasteiger charge is -2.10. The summed E-state index contributed by atoms with van der Waals surface area (Å²) in [6.07, 6.45) is 0.212. The second-order valence-electron chi connectivity index (χ2n) is 3.39. The summed E-state index contributed by atoms with van der Waals surface area (Å²) in [5, 5.41) is 0. The van der Waals surface area contributed by atoms with Gasteiger partial charge >= 0.3 is 5.97 Å². The molecule has 0 unspecified atom stereocenters. The van der Waals surface area contributed by atoms with E-state index in [1.165, 1.54) is 0 Å². The highest BCUT2D eigenvalue weighted by Crippen LogP contribution is 2.25. The molecule has 17 heavy (non-hydrogen) atoms. The molecule has 1 aromatic rings. The summed E-state index contributed by atoms with van der Waals surface area (Å²) in [6, 6.07) is 5.42. The minimum Gasteiger partial charge on any atom is -0.496 e. The smallest absolute Gasteiger partial charge is 0.310 e. The summed E-state index contributed by atoms with van der Waals surface area (Å²) in [6.45, 7) is 4.69. The van der Waals surface area contributed by atoms with Gasteiger partial charge in [0.05, 0.1) is 26.7 Å². The van der Waals surface area contributed by atoms with Crippen LogP contribution in [0.1, 0.15) is 19.4 Å². The molecule has 0 aliphatic carbocycles. The first-order valence-electron chi connectivity index (χ1n) is 5.66. The van der Waals surface area contributed by atoms with E-state index < -0.39 is 0 Å². The summed E-state index contributed by atoms with van der Waals surface area (Å²) in [5.74, 6) is 1.12. The van der Waals surface area contributed by atoms with Gasteiger partial charge in [-0.3, -0.25) is 4.79 Å². The topological polar surface area (TPSA) is 44.8 Å². The highest BCUT2D eigenvalue weighted by molar-refractivity contribution is 5.73. The van der Waals surface area contributed by atoms with E-state index in [4.69, 9.17) is 14.2 Å². The van der Waals surface area contributed by atoms with Crippen molar-refractivity contribution in [1.29, 1.82) is 0 Å². The molecule has 0 spiro atoms. The van der Waals surface area contributed by atoms with Crippen LogP contribution < -0.4 is 9.47 Å². The fraction of sp³-hybridized carbons (Fsp3) is 0.462. The zero-order chi connectivity index (χ0) is 12.7. The van der Waals surface area contributed by atoms with Crippen molar-refractivity contribution in [3.63, 3.8) is 0 Å². The molecule has 0 radical (unpaired) electrons. The fourth-order valence-electron chi connectivity index (χ4n) is 1.49. The molecule has 4 nitrogen and oxygen atoms in total. The van der Waals surface area contributed by atoms with E-state index in [-0.39, 0.29) is 12.4 Å². The molecule has 0 aromatic heterocycles. The Bertz CT molecular complexity index is 374. The number of benzene rings is 1. The van der Waals surface area contributed by atoms with E-state index in [1.54, 1.807) is 20.1 Å². The summed E-state index contributed by atoms with van der Waals surface area (Å²) in [7, 11) is 1.57. The first-order valence-corrected chi connectivity index (χ1v) is 5.66. The van der Waals surface area contributed by atoms with Crippen LogP contribution in [0.4, 0.5) is 0 Å². The van der Waals surface area contributed by atoms with Gasteiger partial charge in [0.25, 0.3) is 0 Å². The van der Waals surface area contributed by atoms with Crippen molar-refractivity contribution in [2.24, 2.45) is 0 Å². The van der Waals surface area contributed by atoms with E-state index in [9.17, 15) is 4.79 Å². The van der Waals surface area contributed by atoms with E-state index in [2.05, 4.69) is 0 Å². The molecule has 4 heteroatoms. The van der Waals surface area contributed by atoms with Gasteiger partial charge in [-0.05, 0) is 19.9 Å². The Morgan fingerprint density at radius 3 is 2.59 bits per heavy atom. The molecule has 1 rings (SSSR count). The van der Waals surface area contributed by atoms with Gasteiger partial charge in [0.1, 0.15) is 11.5 Å². The Labute approximate surface area is 101 Å². The van der Waals surface area contributed by atoms with Gasteiger partial charge in [-0.1, -0.05) is 6.07 Å². The molecule has 0 atom stereocenters. The molecule has 0 saturated carbocycles. The van der Waals surface area contributed by atoms with E-state index in [1.807, 2.05) is 19.1 Å². The Hall–Kier alpha value is -1.71. The normalized spacial score (nSPS) is 9.82. The maximum atomic E-state index is 11.4. The van der Waals surface area contributed by atoms with Crippen LogP contribution in [0.3, 0.4) is 0 Å². The second-order valence-corrected chi connectivity index (χ2v) is 3.39. The molecule has 0 N–H and O–H groups in total. The third-order valence-electron chi connectivity index (χ3n) is 2.21. The number of rotatable bonds is 6. The Kier molecular flexibility index (Phi) is 5.33. The molecule has 1 aromatic carbocycles. The van der Waals surface area contributed by atoms with Gasteiger partial charge in [0.15, 0.2) is 0 Å². The Morgan fingerprint density at radius 2 is 2.00 bits per heavy atom. The summed E-state index contributed by atoms with van der Waals surface area (Å²) in [4.78, 5) is 11.4. The average molecular weight is 238 g/mol. The zero-order valence-electron chi connectivity index (χ0n) is 10.5. The minimum atomic E-state index is -0.255. The molecule has 0 aliphatic heterocycles. The summed E-state index contributed by atoms with van der Waals surface area (Å²) >= 11 is 0. The van der Waals surface area contributed by atoms with E-state index in [0.29, 0.717) is 19.0 Å². The number of carbonyl (C=O) groups excluding carboxylic acids is 1. The molecule has 0 amide bonds. The molecule has 0 bridgehead atoms. The fourth-order valence-corrected chi connectivity index (χ4v) is 1.49. The standard InChI is InChI=1S/C13H18O4/c1-4-16-11-7-6-10(12(9-11)15-3)8-13(14)17-5-2/h6-7,9H,4-5,8H2,1-3H3. The van der Waals surface area contributed by atoms with Gasteiger partial charge in [-0.15, -0.1) is 0 Å². The van der Waals surface area contributed by atoms with E-state index in [0.717, 1.165) is 11.3 Å². The first kappa shape index (κ1) is 13.4. The van der Waals surface area contributed by atoms with Gasteiger partial charge in [0.2, 0.25) is 0 Å². The van der Waals surface area contributed by atoms with Crippen molar-refractivity contribution in [2.75, 3.05) is 20.3 Å². The van der Waals surface area contributed by atoms with Crippen LogP contribution in [0.15, 0.2) is 18.2 Å². The number of methoxy groups -OCH3 is 1. The number of hydrogen-bond donors (Lipinski definition) is 0. The number of esters is 1. The predicted octanol–water partition coefficient (Wildman–Crippen LogP) is 2.20. The van der Waals surface area contributed by atoms with Crippen molar-refractivity contribution < 1.29 is 19.0 Å². The number of ether oxygens (including phenoxy) is 3. The van der Waals surface area contributed by atoms with E-state index >= 15 is 0 Å². The van der Waals surface area contributed by atoms with Crippen LogP contribution in [0, 0.1) is 0 Å². The molecule has 0 heterocycles. The summed E-state index contributed by atoms with van der Waals surface area (Å²) < 4.78 is 15.5. The lowest BCUT2D eigenvalue weighted by atomic mass is 10.1. The molecule has 94 valence electrons. The van der Waals surface area contributed by atoms with Crippen molar-refractivity contribution in [3.05, 3.63) is 23.8 Å². The number of carbonyl (C=O) groups is 1. The Balaban J connectivity index is 2.81. The van der Waals surface area contributed by atoms with Gasteiger partial charge in [0, 0.05) is 11.6 Å².